The summed E-state index contributed by atoms with van der Waals surface area (Å²) >= 11 is 0. The number of hydrogen-bond donors (Lipinski definition) is 2. The monoisotopic (exact) mass is 196 g/mol. The molecule has 2 nitrogen and oxygen atoms in total. The first-order valence-electron chi connectivity index (χ1n) is 4.67. The van der Waals surface area contributed by atoms with E-state index >= 15 is 0 Å². The number of benzene rings is 1. The summed E-state index contributed by atoms with van der Waals surface area (Å²) < 4.78 is 13.0. The summed E-state index contributed by atoms with van der Waals surface area (Å²) in [5.74, 6) is -0.371. The van der Waals surface area contributed by atoms with Crippen molar-refractivity contribution in [2.24, 2.45) is 5.41 Å². The maximum atomic E-state index is 13.0. The highest BCUT2D eigenvalue weighted by atomic mass is 19.1. The minimum absolute atomic E-state index is 0.178. The molecular formula is C11H17FN2. The first kappa shape index (κ1) is 10.8. The Kier molecular flexibility index (Phi) is 2.99. The molecule has 3 heteroatoms. The summed E-state index contributed by atoms with van der Waals surface area (Å²) in [4.78, 5) is 0. The minimum Gasteiger partial charge on any atom is -0.396 e. The van der Waals surface area contributed by atoms with Gasteiger partial charge in [0.2, 0.25) is 0 Å². The second kappa shape index (κ2) is 3.86. The van der Waals surface area contributed by atoms with Gasteiger partial charge in [0.1, 0.15) is 5.82 Å². The van der Waals surface area contributed by atoms with E-state index < -0.39 is 0 Å². The van der Waals surface area contributed by atoms with Gasteiger partial charge in [-0.2, -0.15) is 0 Å². The van der Waals surface area contributed by atoms with Crippen LogP contribution in [-0.2, 0) is 0 Å². The van der Waals surface area contributed by atoms with Crippen LogP contribution in [0.5, 0.6) is 0 Å². The Bertz CT molecular complexity index is 316. The van der Waals surface area contributed by atoms with Crippen LogP contribution < -0.4 is 11.1 Å². The smallest absolute Gasteiger partial charge is 0.148 e. The van der Waals surface area contributed by atoms with E-state index in [1.54, 1.807) is 12.1 Å². The highest BCUT2D eigenvalue weighted by molar-refractivity contribution is 5.52. The van der Waals surface area contributed by atoms with E-state index in [1.165, 1.54) is 6.07 Å². The van der Waals surface area contributed by atoms with Gasteiger partial charge in [-0.25, -0.2) is 4.39 Å². The molecule has 0 aromatic heterocycles. The van der Waals surface area contributed by atoms with Crippen LogP contribution in [-0.4, -0.2) is 6.54 Å². The second-order valence-electron chi connectivity index (χ2n) is 4.65. The number of anilines is 2. The molecule has 0 saturated heterocycles. The summed E-state index contributed by atoms with van der Waals surface area (Å²) in [7, 11) is 0. The average molecular weight is 196 g/mol. The van der Waals surface area contributed by atoms with Crippen LogP contribution in [0.4, 0.5) is 15.8 Å². The van der Waals surface area contributed by atoms with E-state index in [9.17, 15) is 4.39 Å². The van der Waals surface area contributed by atoms with Crippen molar-refractivity contribution >= 4 is 11.4 Å². The molecule has 0 aliphatic heterocycles. The molecule has 0 saturated carbocycles. The van der Waals surface area contributed by atoms with Crippen molar-refractivity contribution in [3.8, 4) is 0 Å². The van der Waals surface area contributed by atoms with Crippen molar-refractivity contribution in [1.82, 2.24) is 0 Å². The molecule has 78 valence electrons. The van der Waals surface area contributed by atoms with Crippen molar-refractivity contribution in [3.63, 3.8) is 0 Å². The molecule has 0 atom stereocenters. The highest BCUT2D eigenvalue weighted by Gasteiger charge is 2.09. The highest BCUT2D eigenvalue weighted by Crippen LogP contribution is 2.18. The van der Waals surface area contributed by atoms with Gasteiger partial charge in [0.05, 0.1) is 5.69 Å². The Morgan fingerprint density at radius 1 is 1.36 bits per heavy atom. The van der Waals surface area contributed by atoms with Gasteiger partial charge in [-0.05, 0) is 23.6 Å². The van der Waals surface area contributed by atoms with Gasteiger partial charge in [0.25, 0.3) is 0 Å². The number of halogens is 1. The van der Waals surface area contributed by atoms with E-state index in [0.29, 0.717) is 0 Å². The molecule has 0 radical (unpaired) electrons. The number of nitrogens with two attached hydrogens (primary N) is 1. The molecule has 1 rings (SSSR count). The van der Waals surface area contributed by atoms with Gasteiger partial charge in [-0.15, -0.1) is 0 Å². The quantitative estimate of drug-likeness (QED) is 0.714. The normalized spacial score (nSPS) is 11.4. The predicted molar refractivity (Wildman–Crippen MR) is 58.8 cm³/mol. The van der Waals surface area contributed by atoms with Crippen LogP contribution in [0, 0.1) is 11.2 Å². The van der Waals surface area contributed by atoms with E-state index in [1.807, 2.05) is 0 Å². The third-order valence-corrected chi connectivity index (χ3v) is 1.82. The number of hydrogen-bond acceptors (Lipinski definition) is 2. The number of nitrogens with one attached hydrogen (secondary N) is 1. The number of nitrogen functional groups attached to an aromatic ring is 1. The maximum Gasteiger partial charge on any atom is 0.148 e. The molecular weight excluding hydrogens is 179 g/mol. The molecule has 0 amide bonds. The topological polar surface area (TPSA) is 38.0 Å². The van der Waals surface area contributed by atoms with E-state index in [-0.39, 0.29) is 16.9 Å². The SMILES string of the molecule is CC(C)(C)CNc1ccc(N)c(F)c1. The molecule has 3 N–H and O–H groups in total. The average Bonchev–Trinajstić information content (AvgIpc) is 2.06. The summed E-state index contributed by atoms with van der Waals surface area (Å²) in [6, 6.07) is 4.77. The van der Waals surface area contributed by atoms with E-state index in [2.05, 4.69) is 26.1 Å². The van der Waals surface area contributed by atoms with Gasteiger partial charge in [0.15, 0.2) is 0 Å². The molecule has 0 fully saturated rings. The van der Waals surface area contributed by atoms with Crippen molar-refractivity contribution in [3.05, 3.63) is 24.0 Å². The Balaban J connectivity index is 2.65. The van der Waals surface area contributed by atoms with Crippen LogP contribution in [0.3, 0.4) is 0 Å². The maximum absolute atomic E-state index is 13.0. The first-order chi connectivity index (χ1) is 6.38. The zero-order chi connectivity index (χ0) is 10.8. The molecule has 14 heavy (non-hydrogen) atoms. The zero-order valence-electron chi connectivity index (χ0n) is 8.89. The fraction of sp³-hybridized carbons (Fsp3) is 0.455. The standard InChI is InChI=1S/C11H17FN2/c1-11(2,3)7-14-8-4-5-10(13)9(12)6-8/h4-6,14H,7,13H2,1-3H3. The first-order valence-corrected chi connectivity index (χ1v) is 4.67. The lowest BCUT2D eigenvalue weighted by Gasteiger charge is -2.19. The molecule has 0 aliphatic rings. The third-order valence-electron chi connectivity index (χ3n) is 1.82. The fourth-order valence-electron chi connectivity index (χ4n) is 1.00. The summed E-state index contributed by atoms with van der Waals surface area (Å²) in [5, 5.41) is 3.16. The Labute approximate surface area is 84.3 Å². The number of rotatable bonds is 2. The lowest BCUT2D eigenvalue weighted by molar-refractivity contribution is 0.443. The Morgan fingerprint density at radius 2 is 2.00 bits per heavy atom. The van der Waals surface area contributed by atoms with Crippen LogP contribution in [0.1, 0.15) is 20.8 Å². The van der Waals surface area contributed by atoms with Crippen LogP contribution in [0.15, 0.2) is 18.2 Å². The molecule has 1 aromatic rings. The van der Waals surface area contributed by atoms with Crippen molar-refractivity contribution < 1.29 is 4.39 Å². The van der Waals surface area contributed by atoms with Gasteiger partial charge in [-0.3, -0.25) is 0 Å². The zero-order valence-corrected chi connectivity index (χ0v) is 8.89. The molecule has 0 bridgehead atoms. The third kappa shape index (κ3) is 3.24. The van der Waals surface area contributed by atoms with Crippen molar-refractivity contribution in [2.75, 3.05) is 17.6 Å². The van der Waals surface area contributed by atoms with E-state index in [4.69, 9.17) is 5.73 Å². The van der Waals surface area contributed by atoms with E-state index in [0.717, 1.165) is 12.2 Å². The second-order valence-corrected chi connectivity index (χ2v) is 4.65. The largest absolute Gasteiger partial charge is 0.396 e. The molecule has 0 heterocycles. The predicted octanol–water partition coefficient (Wildman–Crippen LogP) is 2.87. The summed E-state index contributed by atoms with van der Waals surface area (Å²) in [6.07, 6.45) is 0. The van der Waals surface area contributed by atoms with Gasteiger partial charge in [0, 0.05) is 12.2 Å². The van der Waals surface area contributed by atoms with Crippen molar-refractivity contribution in [1.29, 1.82) is 0 Å². The molecule has 0 spiro atoms. The van der Waals surface area contributed by atoms with Crippen LogP contribution >= 0.6 is 0 Å². The summed E-state index contributed by atoms with van der Waals surface area (Å²) in [5.41, 5.74) is 6.50. The Morgan fingerprint density at radius 3 is 2.50 bits per heavy atom. The Hall–Kier alpha value is -1.25. The van der Waals surface area contributed by atoms with Gasteiger partial charge in [-0.1, -0.05) is 20.8 Å². The van der Waals surface area contributed by atoms with Gasteiger partial charge >= 0.3 is 0 Å². The molecule has 0 aliphatic carbocycles. The fourth-order valence-corrected chi connectivity index (χ4v) is 1.00. The summed E-state index contributed by atoms with van der Waals surface area (Å²) in [6.45, 7) is 7.16. The lowest BCUT2D eigenvalue weighted by atomic mass is 9.97. The van der Waals surface area contributed by atoms with Gasteiger partial charge < -0.3 is 11.1 Å². The molecule has 0 unspecified atom stereocenters. The lowest BCUT2D eigenvalue weighted by Crippen LogP contribution is -2.19. The molecule has 1 aromatic carbocycles. The van der Waals surface area contributed by atoms with Crippen LogP contribution in [0.2, 0.25) is 0 Å². The van der Waals surface area contributed by atoms with Crippen LogP contribution in [0.25, 0.3) is 0 Å². The minimum atomic E-state index is -0.371. The van der Waals surface area contributed by atoms with Crippen molar-refractivity contribution in [2.45, 2.75) is 20.8 Å².